The average molecular weight is 785 g/mol. The van der Waals surface area contributed by atoms with Gasteiger partial charge in [0.05, 0.1) is 5.41 Å². The third-order valence-corrected chi connectivity index (χ3v) is 10.9. The van der Waals surface area contributed by atoms with Crippen LogP contribution in [0.4, 0.5) is 0 Å². The second-order valence-electron chi connectivity index (χ2n) is 14.5. The number of hydrogen-bond acceptors (Lipinski definition) is 10. The predicted molar refractivity (Wildman–Crippen MR) is 234 cm³/mol. The zero-order valence-corrected chi connectivity index (χ0v) is 32.4. The minimum Gasteiger partial charge on any atom is -0.253 e. The van der Waals surface area contributed by atoms with E-state index >= 15 is 0 Å². The van der Waals surface area contributed by atoms with E-state index in [1.54, 1.807) is 24.8 Å². The fourth-order valence-electron chi connectivity index (χ4n) is 8.22. The van der Waals surface area contributed by atoms with Crippen molar-refractivity contribution in [3.05, 3.63) is 217 Å². The van der Waals surface area contributed by atoms with Crippen molar-refractivity contribution in [2.45, 2.75) is 5.41 Å². The molecular formula is C51H32N10. The topological polar surface area (TPSA) is 129 Å². The highest BCUT2D eigenvalue weighted by molar-refractivity contribution is 5.89. The van der Waals surface area contributed by atoms with Crippen LogP contribution in [-0.2, 0) is 5.41 Å². The van der Waals surface area contributed by atoms with E-state index < -0.39 is 5.41 Å². The molecule has 0 aliphatic heterocycles. The Balaban J connectivity index is 1.15. The van der Waals surface area contributed by atoms with Crippen LogP contribution in [0.1, 0.15) is 22.3 Å². The van der Waals surface area contributed by atoms with Crippen LogP contribution in [0.25, 0.3) is 80.0 Å². The Kier molecular flexibility index (Phi) is 8.78. The zero-order valence-electron chi connectivity index (χ0n) is 32.4. The average Bonchev–Trinajstić information content (AvgIpc) is 3.65. The lowest BCUT2D eigenvalue weighted by molar-refractivity contribution is 0.768. The summed E-state index contributed by atoms with van der Waals surface area (Å²) in [6.07, 6.45) is 6.96. The quantitative estimate of drug-likeness (QED) is 0.147. The molecule has 0 N–H and O–H groups in total. The lowest BCUT2D eigenvalue weighted by Gasteiger charge is -2.34. The van der Waals surface area contributed by atoms with E-state index in [1.165, 1.54) is 0 Å². The number of nitrogens with zero attached hydrogens (tertiary/aromatic N) is 10. The smallest absolute Gasteiger partial charge is 0.182 e. The molecule has 61 heavy (non-hydrogen) atoms. The first-order valence-corrected chi connectivity index (χ1v) is 19.8. The maximum absolute atomic E-state index is 5.04. The maximum Gasteiger partial charge on any atom is 0.182 e. The Bertz CT molecular complexity index is 2840. The Hall–Kier alpha value is -8.50. The molecule has 10 aromatic rings. The molecule has 0 saturated carbocycles. The van der Waals surface area contributed by atoms with E-state index in [2.05, 4.69) is 117 Å². The van der Waals surface area contributed by atoms with E-state index in [4.69, 9.17) is 29.9 Å². The molecule has 286 valence electrons. The SMILES string of the molecule is c1ccc(C2(c3ccccc3)c3cc(-c4nc(-c5ccccn5)nc(-c5ccccn5)n4)ccc3-c3ccc(-c4nc(-c5ccccn5)nc(-c5ccccn5)n4)cc32)cc1. The maximum atomic E-state index is 5.04. The van der Waals surface area contributed by atoms with Gasteiger partial charge in [-0.3, -0.25) is 19.9 Å². The summed E-state index contributed by atoms with van der Waals surface area (Å²) in [6.45, 7) is 0. The van der Waals surface area contributed by atoms with Crippen LogP contribution >= 0.6 is 0 Å². The summed E-state index contributed by atoms with van der Waals surface area (Å²) in [5.74, 6) is 2.88. The Morgan fingerprint density at radius 3 is 0.902 bits per heavy atom. The van der Waals surface area contributed by atoms with Crippen LogP contribution in [0.5, 0.6) is 0 Å². The van der Waals surface area contributed by atoms with Gasteiger partial charge in [0.25, 0.3) is 0 Å². The molecule has 0 fully saturated rings. The summed E-state index contributed by atoms with van der Waals surface area (Å²) in [5, 5.41) is 0. The van der Waals surface area contributed by atoms with Crippen LogP contribution in [-0.4, -0.2) is 49.8 Å². The molecule has 11 rings (SSSR count). The zero-order chi connectivity index (χ0) is 40.6. The van der Waals surface area contributed by atoms with E-state index in [9.17, 15) is 0 Å². The molecular weight excluding hydrogens is 753 g/mol. The number of rotatable bonds is 8. The van der Waals surface area contributed by atoms with Gasteiger partial charge >= 0.3 is 0 Å². The highest BCUT2D eigenvalue weighted by atomic mass is 15.1. The molecule has 6 aromatic heterocycles. The predicted octanol–water partition coefficient (Wildman–Crippen LogP) is 10.0. The van der Waals surface area contributed by atoms with Crippen LogP contribution in [0.2, 0.25) is 0 Å². The van der Waals surface area contributed by atoms with Gasteiger partial charge in [-0.15, -0.1) is 0 Å². The van der Waals surface area contributed by atoms with Crippen molar-refractivity contribution in [3.8, 4) is 80.0 Å². The van der Waals surface area contributed by atoms with Gasteiger partial charge in [0.1, 0.15) is 22.8 Å². The van der Waals surface area contributed by atoms with Crippen molar-refractivity contribution in [3.63, 3.8) is 0 Å². The molecule has 4 aromatic carbocycles. The lowest BCUT2D eigenvalue weighted by atomic mass is 9.67. The lowest BCUT2D eigenvalue weighted by Crippen LogP contribution is -2.28. The van der Waals surface area contributed by atoms with Gasteiger partial charge in [0, 0.05) is 35.9 Å². The third kappa shape index (κ3) is 6.30. The van der Waals surface area contributed by atoms with E-state index in [-0.39, 0.29) is 0 Å². The largest absolute Gasteiger partial charge is 0.253 e. The molecule has 0 amide bonds. The number of fused-ring (bicyclic) bond motifs is 3. The van der Waals surface area contributed by atoms with Crippen molar-refractivity contribution in [1.82, 2.24) is 49.8 Å². The normalized spacial score (nSPS) is 12.4. The van der Waals surface area contributed by atoms with E-state index in [0.717, 1.165) is 44.5 Å². The van der Waals surface area contributed by atoms with Crippen molar-refractivity contribution in [2.75, 3.05) is 0 Å². The summed E-state index contributed by atoms with van der Waals surface area (Å²) in [6, 6.07) is 57.1. The van der Waals surface area contributed by atoms with Gasteiger partial charge in [-0.1, -0.05) is 109 Å². The van der Waals surface area contributed by atoms with Gasteiger partial charge in [-0.25, -0.2) is 29.9 Å². The fourth-order valence-corrected chi connectivity index (χ4v) is 8.22. The molecule has 0 radical (unpaired) electrons. The monoisotopic (exact) mass is 784 g/mol. The third-order valence-electron chi connectivity index (χ3n) is 10.9. The number of aromatic nitrogens is 10. The minimum absolute atomic E-state index is 0.463. The fraction of sp³-hybridized carbons (Fsp3) is 0.0196. The number of benzene rings is 4. The molecule has 0 bridgehead atoms. The Morgan fingerprint density at radius 2 is 0.590 bits per heavy atom. The molecule has 0 atom stereocenters. The first kappa shape index (κ1) is 35.6. The summed E-state index contributed by atoms with van der Waals surface area (Å²) < 4.78 is 0. The minimum atomic E-state index is -0.763. The number of pyridine rings is 4. The molecule has 10 heteroatoms. The molecule has 10 nitrogen and oxygen atoms in total. The molecule has 0 saturated heterocycles. The second-order valence-corrected chi connectivity index (χ2v) is 14.5. The summed E-state index contributed by atoms with van der Waals surface area (Å²) in [5.41, 5.74) is 10.1. The molecule has 1 aliphatic carbocycles. The van der Waals surface area contributed by atoms with Crippen molar-refractivity contribution in [2.24, 2.45) is 0 Å². The second kappa shape index (κ2) is 15.0. The Labute approximate surface area is 351 Å². The Morgan fingerprint density at radius 1 is 0.279 bits per heavy atom. The molecule has 1 aliphatic rings. The van der Waals surface area contributed by atoms with E-state index in [0.29, 0.717) is 57.7 Å². The van der Waals surface area contributed by atoms with Crippen molar-refractivity contribution in [1.29, 1.82) is 0 Å². The highest BCUT2D eigenvalue weighted by Gasteiger charge is 2.46. The van der Waals surface area contributed by atoms with Crippen LogP contribution in [0.3, 0.4) is 0 Å². The van der Waals surface area contributed by atoms with Gasteiger partial charge in [0.15, 0.2) is 34.9 Å². The van der Waals surface area contributed by atoms with Crippen LogP contribution < -0.4 is 0 Å². The van der Waals surface area contributed by atoms with Gasteiger partial charge < -0.3 is 0 Å². The summed E-state index contributed by atoms with van der Waals surface area (Å²) in [4.78, 5) is 48.2. The van der Waals surface area contributed by atoms with Crippen LogP contribution in [0, 0.1) is 0 Å². The first-order chi connectivity index (χ1) is 30.2. The van der Waals surface area contributed by atoms with Gasteiger partial charge in [-0.2, -0.15) is 0 Å². The number of hydrogen-bond donors (Lipinski definition) is 0. The van der Waals surface area contributed by atoms with Crippen molar-refractivity contribution < 1.29 is 0 Å². The van der Waals surface area contributed by atoms with Crippen molar-refractivity contribution >= 4 is 0 Å². The standard InChI is InChI=1S/C51H32N10/c1-3-15-35(16-4-1)51(36-17-5-2-6-18-36)39-31-33(45-56-47(41-19-7-11-27-52-41)60-48(57-45)42-20-8-12-28-53-42)23-25-37(39)38-26-24-34(32-40(38)51)46-58-49(43-21-9-13-29-54-43)61-50(59-46)44-22-10-14-30-55-44/h1-32H. The summed E-state index contributed by atoms with van der Waals surface area (Å²) >= 11 is 0. The van der Waals surface area contributed by atoms with Gasteiger partial charge in [0.2, 0.25) is 0 Å². The van der Waals surface area contributed by atoms with E-state index in [1.807, 2.05) is 72.8 Å². The van der Waals surface area contributed by atoms with Crippen LogP contribution in [0.15, 0.2) is 195 Å². The van der Waals surface area contributed by atoms with Gasteiger partial charge in [-0.05, 0) is 94.0 Å². The molecule has 0 unspecified atom stereocenters. The first-order valence-electron chi connectivity index (χ1n) is 19.8. The summed E-state index contributed by atoms with van der Waals surface area (Å²) in [7, 11) is 0. The molecule has 6 heterocycles. The highest BCUT2D eigenvalue weighted by Crippen LogP contribution is 2.57. The molecule has 0 spiro atoms.